The first kappa shape index (κ1) is 13.9. The zero-order chi connectivity index (χ0) is 13.7. The molecule has 0 N–H and O–H groups in total. The van der Waals surface area contributed by atoms with Crippen LogP contribution in [0.2, 0.25) is 0 Å². The first-order valence-corrected chi connectivity index (χ1v) is 5.48. The second-order valence-electron chi connectivity index (χ2n) is 3.62. The number of ether oxygens (including phenoxy) is 2. The van der Waals surface area contributed by atoms with Gasteiger partial charge in [0.25, 0.3) is 0 Å². The molecule has 0 aromatic heterocycles. The lowest BCUT2D eigenvalue weighted by atomic mass is 10.1. The third kappa shape index (κ3) is 3.69. The van der Waals surface area contributed by atoms with Gasteiger partial charge in [0.1, 0.15) is 11.5 Å². The molecule has 0 spiro atoms. The lowest BCUT2D eigenvalue weighted by Crippen LogP contribution is -2.08. The molecule has 5 nitrogen and oxygen atoms in total. The smallest absolute Gasteiger partial charge is 0.308 e. The molecule has 0 heterocycles. The van der Waals surface area contributed by atoms with Crippen molar-refractivity contribution in [1.82, 2.24) is 0 Å². The average Bonchev–Trinajstić information content (AvgIpc) is 2.26. The monoisotopic (exact) mass is 250 g/mol. The van der Waals surface area contributed by atoms with Gasteiger partial charge in [-0.1, -0.05) is 6.92 Å². The average molecular weight is 250 g/mol. The van der Waals surface area contributed by atoms with Crippen LogP contribution in [-0.4, -0.2) is 17.7 Å². The van der Waals surface area contributed by atoms with Gasteiger partial charge in [0.05, 0.1) is 5.56 Å². The lowest BCUT2D eigenvalue weighted by molar-refractivity contribution is -0.132. The third-order valence-electron chi connectivity index (χ3n) is 2.09. The van der Waals surface area contributed by atoms with Crippen molar-refractivity contribution in [3.05, 3.63) is 23.8 Å². The van der Waals surface area contributed by atoms with E-state index in [0.29, 0.717) is 12.0 Å². The number of carbonyl (C=O) groups excluding carboxylic acids is 3. The van der Waals surface area contributed by atoms with Crippen LogP contribution in [-0.2, 0) is 9.59 Å². The van der Waals surface area contributed by atoms with Crippen LogP contribution in [0, 0.1) is 0 Å². The fourth-order valence-corrected chi connectivity index (χ4v) is 1.39. The van der Waals surface area contributed by atoms with Crippen LogP contribution in [0.4, 0.5) is 0 Å². The Kier molecular flexibility index (Phi) is 4.59. The highest BCUT2D eigenvalue weighted by molar-refractivity contribution is 5.99. The molecule has 0 aliphatic carbocycles. The molecule has 0 fully saturated rings. The van der Waals surface area contributed by atoms with E-state index in [4.69, 9.17) is 9.47 Å². The van der Waals surface area contributed by atoms with Gasteiger partial charge in [-0.05, 0) is 12.1 Å². The molecule has 96 valence electrons. The minimum Gasteiger partial charge on any atom is -0.427 e. The van der Waals surface area contributed by atoms with Gasteiger partial charge in [-0.2, -0.15) is 0 Å². The molecule has 0 amide bonds. The van der Waals surface area contributed by atoms with Crippen LogP contribution in [0.5, 0.6) is 11.5 Å². The van der Waals surface area contributed by atoms with E-state index in [9.17, 15) is 14.4 Å². The van der Waals surface area contributed by atoms with E-state index in [0.717, 1.165) is 0 Å². The van der Waals surface area contributed by atoms with Crippen molar-refractivity contribution in [3.63, 3.8) is 0 Å². The lowest BCUT2D eigenvalue weighted by Gasteiger charge is -2.09. The van der Waals surface area contributed by atoms with Crippen molar-refractivity contribution >= 4 is 17.7 Å². The van der Waals surface area contributed by atoms with E-state index < -0.39 is 11.9 Å². The first-order chi connectivity index (χ1) is 8.43. The Hall–Kier alpha value is -2.17. The van der Waals surface area contributed by atoms with Gasteiger partial charge in [-0.15, -0.1) is 0 Å². The van der Waals surface area contributed by atoms with Gasteiger partial charge >= 0.3 is 11.9 Å². The Bertz CT molecular complexity index is 490. The zero-order valence-corrected chi connectivity index (χ0v) is 10.5. The van der Waals surface area contributed by atoms with E-state index in [1.165, 1.54) is 32.0 Å². The van der Waals surface area contributed by atoms with Crippen molar-refractivity contribution in [2.75, 3.05) is 0 Å². The molecule has 0 radical (unpaired) electrons. The summed E-state index contributed by atoms with van der Waals surface area (Å²) < 4.78 is 9.80. The number of hydrogen-bond donors (Lipinski definition) is 0. The molecule has 1 aromatic rings. The predicted molar refractivity (Wildman–Crippen MR) is 63.7 cm³/mol. The summed E-state index contributed by atoms with van der Waals surface area (Å²) in [6.45, 7) is 4.20. The number of benzene rings is 1. The minimum absolute atomic E-state index is 0.105. The zero-order valence-electron chi connectivity index (χ0n) is 10.5. The fourth-order valence-electron chi connectivity index (χ4n) is 1.39. The van der Waals surface area contributed by atoms with Gasteiger partial charge < -0.3 is 9.47 Å². The second-order valence-corrected chi connectivity index (χ2v) is 3.62. The van der Waals surface area contributed by atoms with E-state index in [2.05, 4.69) is 0 Å². The van der Waals surface area contributed by atoms with E-state index >= 15 is 0 Å². The van der Waals surface area contributed by atoms with Crippen molar-refractivity contribution in [3.8, 4) is 11.5 Å². The standard InChI is InChI=1S/C13H14O5/c1-4-12(16)11-6-5-10(17-8(2)14)7-13(11)18-9(3)15/h5-7H,4H2,1-3H3. The maximum atomic E-state index is 11.7. The number of Topliss-reactive ketones (excluding diaryl/α,β-unsaturated/α-hetero) is 1. The Labute approximate surface area is 105 Å². The molecule has 0 aliphatic heterocycles. The summed E-state index contributed by atoms with van der Waals surface area (Å²) in [6, 6.07) is 4.31. The highest BCUT2D eigenvalue weighted by Gasteiger charge is 2.14. The number of carbonyl (C=O) groups is 3. The third-order valence-corrected chi connectivity index (χ3v) is 2.09. The maximum absolute atomic E-state index is 11.7. The summed E-state index contributed by atoms with van der Waals surface area (Å²) >= 11 is 0. The quantitative estimate of drug-likeness (QED) is 0.465. The second kappa shape index (κ2) is 5.95. The first-order valence-electron chi connectivity index (χ1n) is 5.48. The molecule has 18 heavy (non-hydrogen) atoms. The van der Waals surface area contributed by atoms with E-state index in [-0.39, 0.29) is 17.3 Å². The van der Waals surface area contributed by atoms with Crippen LogP contribution in [0.1, 0.15) is 37.6 Å². The Balaban J connectivity index is 3.15. The molecule has 1 aromatic carbocycles. The summed E-state index contributed by atoms with van der Waals surface area (Å²) in [5.74, 6) is -0.849. The Morgan fingerprint density at radius 3 is 2.17 bits per heavy atom. The molecule has 0 unspecified atom stereocenters. The summed E-state index contributed by atoms with van der Waals surface area (Å²) in [7, 11) is 0. The fraction of sp³-hybridized carbons (Fsp3) is 0.308. The van der Waals surface area contributed by atoms with Crippen LogP contribution < -0.4 is 9.47 Å². The highest BCUT2D eigenvalue weighted by atomic mass is 16.5. The van der Waals surface area contributed by atoms with Crippen molar-refractivity contribution < 1.29 is 23.9 Å². The van der Waals surface area contributed by atoms with Crippen LogP contribution in [0.15, 0.2) is 18.2 Å². The van der Waals surface area contributed by atoms with Crippen molar-refractivity contribution in [2.45, 2.75) is 27.2 Å². The normalized spacial score (nSPS) is 9.72. The van der Waals surface area contributed by atoms with Crippen LogP contribution >= 0.6 is 0 Å². The molecule has 0 saturated carbocycles. The van der Waals surface area contributed by atoms with Gasteiger partial charge in [-0.25, -0.2) is 0 Å². The summed E-state index contributed by atoms with van der Waals surface area (Å²) in [4.78, 5) is 33.4. The van der Waals surface area contributed by atoms with E-state index in [1.807, 2.05) is 0 Å². The van der Waals surface area contributed by atoms with E-state index in [1.54, 1.807) is 6.92 Å². The van der Waals surface area contributed by atoms with Crippen LogP contribution in [0.25, 0.3) is 0 Å². The number of ketones is 1. The molecule has 0 bridgehead atoms. The summed E-state index contributed by atoms with van der Waals surface area (Å²) in [5, 5.41) is 0. The number of hydrogen-bond acceptors (Lipinski definition) is 5. The Morgan fingerprint density at radius 1 is 1.06 bits per heavy atom. The minimum atomic E-state index is -0.542. The maximum Gasteiger partial charge on any atom is 0.308 e. The largest absolute Gasteiger partial charge is 0.427 e. The Morgan fingerprint density at radius 2 is 1.67 bits per heavy atom. The van der Waals surface area contributed by atoms with Gasteiger partial charge in [0.2, 0.25) is 0 Å². The number of rotatable bonds is 4. The highest BCUT2D eigenvalue weighted by Crippen LogP contribution is 2.26. The van der Waals surface area contributed by atoms with Gasteiger partial charge in [0, 0.05) is 26.3 Å². The molecule has 0 aliphatic rings. The van der Waals surface area contributed by atoms with Crippen LogP contribution in [0.3, 0.4) is 0 Å². The molecule has 0 atom stereocenters. The number of esters is 2. The molecule has 5 heteroatoms. The summed E-state index contributed by atoms with van der Waals surface area (Å²) in [5.41, 5.74) is 0.295. The summed E-state index contributed by atoms with van der Waals surface area (Å²) in [6.07, 6.45) is 0.293. The van der Waals surface area contributed by atoms with Crippen molar-refractivity contribution in [1.29, 1.82) is 0 Å². The predicted octanol–water partition coefficient (Wildman–Crippen LogP) is 2.13. The van der Waals surface area contributed by atoms with Gasteiger partial charge in [0.15, 0.2) is 5.78 Å². The SMILES string of the molecule is CCC(=O)c1ccc(OC(C)=O)cc1OC(C)=O. The molecular formula is C13H14O5. The van der Waals surface area contributed by atoms with Crippen molar-refractivity contribution in [2.24, 2.45) is 0 Å². The van der Waals surface area contributed by atoms with Gasteiger partial charge in [-0.3, -0.25) is 14.4 Å². The molecular weight excluding hydrogens is 236 g/mol. The molecule has 0 saturated heterocycles. The topological polar surface area (TPSA) is 69.7 Å². The molecule has 1 rings (SSSR count).